The topological polar surface area (TPSA) is 50.5 Å². The van der Waals surface area contributed by atoms with Gasteiger partial charge in [0.2, 0.25) is 11.8 Å². The van der Waals surface area contributed by atoms with Crippen molar-refractivity contribution in [2.75, 3.05) is 4.90 Å². The molecule has 4 heteroatoms. The first-order chi connectivity index (χ1) is 9.59. The zero-order chi connectivity index (χ0) is 14.3. The molecule has 0 atom stereocenters. The van der Waals surface area contributed by atoms with Crippen LogP contribution in [0.25, 0.3) is 21.7 Å². The van der Waals surface area contributed by atoms with E-state index in [1.54, 1.807) is 6.26 Å². The van der Waals surface area contributed by atoms with E-state index >= 15 is 0 Å². The highest BCUT2D eigenvalue weighted by atomic mass is 16.3. The minimum absolute atomic E-state index is 0.328. The third-order valence-corrected chi connectivity index (χ3v) is 3.31. The summed E-state index contributed by atoms with van der Waals surface area (Å²) in [6.45, 7) is 2.73. The first-order valence-corrected chi connectivity index (χ1v) is 6.30. The van der Waals surface area contributed by atoms with Crippen LogP contribution in [0.15, 0.2) is 47.1 Å². The number of hydrogen-bond acceptors (Lipinski definition) is 3. The lowest BCUT2D eigenvalue weighted by molar-refractivity contribution is -0.124. The maximum atomic E-state index is 11.8. The fraction of sp³-hybridized carbons (Fsp3) is 0.125. The zero-order valence-electron chi connectivity index (χ0n) is 11.2. The average Bonchev–Trinajstić information content (AvgIpc) is 2.87. The summed E-state index contributed by atoms with van der Waals surface area (Å²) in [7, 11) is 0. The number of hydrogen-bond donors (Lipinski definition) is 0. The lowest BCUT2D eigenvalue weighted by Gasteiger charge is -2.18. The van der Waals surface area contributed by atoms with E-state index in [4.69, 9.17) is 4.42 Å². The number of carbonyl (C=O) groups is 2. The van der Waals surface area contributed by atoms with Crippen LogP contribution in [-0.2, 0) is 9.59 Å². The van der Waals surface area contributed by atoms with E-state index in [0.717, 1.165) is 21.1 Å². The number of anilines is 1. The zero-order valence-corrected chi connectivity index (χ0v) is 11.2. The van der Waals surface area contributed by atoms with Crippen molar-refractivity contribution in [3.8, 4) is 0 Å². The maximum absolute atomic E-state index is 11.8. The van der Waals surface area contributed by atoms with Gasteiger partial charge in [0.05, 0.1) is 12.0 Å². The van der Waals surface area contributed by atoms with E-state index in [1.165, 1.54) is 13.8 Å². The summed E-state index contributed by atoms with van der Waals surface area (Å²) in [5.41, 5.74) is 1.04. The summed E-state index contributed by atoms with van der Waals surface area (Å²) in [6, 6.07) is 11.5. The Hall–Kier alpha value is -2.62. The number of imide groups is 1. The highest BCUT2D eigenvalue weighted by molar-refractivity contribution is 6.21. The van der Waals surface area contributed by atoms with Crippen molar-refractivity contribution in [2.45, 2.75) is 13.8 Å². The van der Waals surface area contributed by atoms with E-state index < -0.39 is 0 Å². The van der Waals surface area contributed by atoms with E-state index in [2.05, 4.69) is 0 Å². The molecule has 0 N–H and O–H groups in total. The quantitative estimate of drug-likeness (QED) is 0.678. The van der Waals surface area contributed by atoms with Crippen LogP contribution in [0, 0.1) is 0 Å². The summed E-state index contributed by atoms with van der Waals surface area (Å²) in [4.78, 5) is 24.6. The van der Waals surface area contributed by atoms with Crippen LogP contribution in [0.2, 0.25) is 0 Å². The van der Waals surface area contributed by atoms with Gasteiger partial charge in [0, 0.05) is 19.2 Å². The molecule has 2 aromatic carbocycles. The van der Waals surface area contributed by atoms with Crippen LogP contribution in [-0.4, -0.2) is 11.8 Å². The first kappa shape index (κ1) is 12.4. The highest BCUT2D eigenvalue weighted by Crippen LogP contribution is 2.35. The van der Waals surface area contributed by atoms with Crippen molar-refractivity contribution in [1.29, 1.82) is 0 Å². The van der Waals surface area contributed by atoms with Gasteiger partial charge < -0.3 is 4.42 Å². The molecule has 1 aromatic heterocycles. The molecule has 0 aliphatic rings. The molecule has 0 aliphatic carbocycles. The predicted octanol–water partition coefficient (Wildman–Crippen LogP) is 3.49. The smallest absolute Gasteiger partial charge is 0.230 e. The summed E-state index contributed by atoms with van der Waals surface area (Å²) >= 11 is 0. The molecule has 2 amide bonds. The number of fused-ring (bicyclic) bond motifs is 3. The van der Waals surface area contributed by atoms with Gasteiger partial charge in [-0.1, -0.05) is 24.3 Å². The van der Waals surface area contributed by atoms with Crippen LogP contribution in [0.5, 0.6) is 0 Å². The fourth-order valence-corrected chi connectivity index (χ4v) is 2.53. The van der Waals surface area contributed by atoms with Crippen LogP contribution in [0.3, 0.4) is 0 Å². The Balaban J connectivity index is 2.41. The van der Waals surface area contributed by atoms with Crippen molar-refractivity contribution in [1.82, 2.24) is 0 Å². The molecule has 0 saturated carbocycles. The molecule has 0 unspecified atom stereocenters. The monoisotopic (exact) mass is 267 g/mol. The van der Waals surface area contributed by atoms with Crippen LogP contribution >= 0.6 is 0 Å². The van der Waals surface area contributed by atoms with Gasteiger partial charge >= 0.3 is 0 Å². The number of amides is 2. The van der Waals surface area contributed by atoms with Gasteiger partial charge in [-0.2, -0.15) is 0 Å². The van der Waals surface area contributed by atoms with E-state index in [9.17, 15) is 9.59 Å². The second-order valence-corrected chi connectivity index (χ2v) is 4.65. The molecule has 3 rings (SSSR count). The molecule has 1 heterocycles. The largest absolute Gasteiger partial charge is 0.462 e. The van der Waals surface area contributed by atoms with Gasteiger partial charge in [-0.25, -0.2) is 4.90 Å². The third kappa shape index (κ3) is 1.77. The van der Waals surface area contributed by atoms with Crippen molar-refractivity contribution < 1.29 is 14.0 Å². The molecule has 0 spiro atoms. The molecule has 0 aliphatic heterocycles. The highest BCUT2D eigenvalue weighted by Gasteiger charge is 2.21. The van der Waals surface area contributed by atoms with Crippen LogP contribution in [0.1, 0.15) is 13.8 Å². The SMILES string of the molecule is CC(=O)N(C(C)=O)c1cc2ccccc2c2ccoc12. The molecular formula is C16H13NO3. The Labute approximate surface area is 115 Å². The second kappa shape index (κ2) is 4.49. The van der Waals surface area contributed by atoms with E-state index in [1.807, 2.05) is 36.4 Å². The van der Waals surface area contributed by atoms with Crippen LogP contribution in [0.4, 0.5) is 5.69 Å². The number of carbonyl (C=O) groups excluding carboxylic acids is 2. The van der Waals surface area contributed by atoms with Crippen molar-refractivity contribution in [2.24, 2.45) is 0 Å². The summed E-state index contributed by atoms with van der Waals surface area (Å²) in [5, 5.41) is 2.89. The lowest BCUT2D eigenvalue weighted by Crippen LogP contribution is -2.33. The minimum Gasteiger partial charge on any atom is -0.462 e. The molecule has 100 valence electrons. The Morgan fingerprint density at radius 3 is 2.40 bits per heavy atom. The molecule has 4 nitrogen and oxygen atoms in total. The van der Waals surface area contributed by atoms with Gasteiger partial charge in [-0.15, -0.1) is 0 Å². The Bertz CT molecular complexity index is 818. The maximum Gasteiger partial charge on any atom is 0.230 e. The number of rotatable bonds is 1. The third-order valence-electron chi connectivity index (χ3n) is 3.31. The minimum atomic E-state index is -0.328. The summed E-state index contributed by atoms with van der Waals surface area (Å²) in [6.07, 6.45) is 1.57. The Kier molecular flexibility index (Phi) is 2.79. The fourth-order valence-electron chi connectivity index (χ4n) is 2.53. The average molecular weight is 267 g/mol. The van der Waals surface area contributed by atoms with Gasteiger partial charge in [0.25, 0.3) is 0 Å². The van der Waals surface area contributed by atoms with E-state index in [0.29, 0.717) is 11.3 Å². The summed E-state index contributed by atoms with van der Waals surface area (Å²) < 4.78 is 5.49. The van der Waals surface area contributed by atoms with Crippen molar-refractivity contribution in [3.63, 3.8) is 0 Å². The molecule has 0 radical (unpaired) electrons. The standard InChI is InChI=1S/C16H13NO3/c1-10(18)17(11(2)19)15-9-12-5-3-4-6-13(12)14-7-8-20-16(14)15/h3-9H,1-2H3. The van der Waals surface area contributed by atoms with Crippen molar-refractivity contribution >= 4 is 39.2 Å². The van der Waals surface area contributed by atoms with Gasteiger partial charge in [-0.3, -0.25) is 9.59 Å². The Morgan fingerprint density at radius 1 is 1.00 bits per heavy atom. The number of benzene rings is 2. The summed E-state index contributed by atoms with van der Waals surface area (Å²) in [5.74, 6) is -0.657. The molecule has 3 aromatic rings. The van der Waals surface area contributed by atoms with Crippen LogP contribution < -0.4 is 4.90 Å². The molecule has 0 bridgehead atoms. The molecule has 0 fully saturated rings. The molecule has 20 heavy (non-hydrogen) atoms. The number of furan rings is 1. The lowest BCUT2D eigenvalue weighted by atomic mass is 10.0. The van der Waals surface area contributed by atoms with Gasteiger partial charge in [0.15, 0.2) is 5.58 Å². The molecular weight excluding hydrogens is 254 g/mol. The predicted molar refractivity (Wildman–Crippen MR) is 77.6 cm³/mol. The first-order valence-electron chi connectivity index (χ1n) is 6.30. The normalized spacial score (nSPS) is 10.9. The van der Waals surface area contributed by atoms with Gasteiger partial charge in [-0.05, 0) is 22.9 Å². The number of nitrogens with zero attached hydrogens (tertiary/aromatic N) is 1. The van der Waals surface area contributed by atoms with Gasteiger partial charge in [0.1, 0.15) is 0 Å². The molecule has 0 saturated heterocycles. The van der Waals surface area contributed by atoms with Crippen molar-refractivity contribution in [3.05, 3.63) is 42.7 Å². The van der Waals surface area contributed by atoms with E-state index in [-0.39, 0.29) is 11.8 Å². The Morgan fingerprint density at radius 2 is 1.70 bits per heavy atom. The second-order valence-electron chi connectivity index (χ2n) is 4.65.